The number of thiophene rings is 1. The molecule has 19 heavy (non-hydrogen) atoms. The first-order chi connectivity index (χ1) is 9.08. The quantitative estimate of drug-likeness (QED) is 0.797. The molecule has 0 N–H and O–H groups in total. The van der Waals surface area contributed by atoms with Crippen molar-refractivity contribution in [3.8, 4) is 0 Å². The molecule has 0 saturated carbocycles. The molecule has 2 heterocycles. The molecule has 1 atom stereocenters. The first-order valence-corrected chi connectivity index (χ1v) is 7.42. The standard InChI is InChI=1S/C14H19NO3S/c1-10(16)13-7-11(9-19-13)14(17)15(2)8-12-5-3-4-6-18-12/h7,9,12H,3-6,8H2,1-2H3/t12-/m1/s1. The van der Waals surface area contributed by atoms with Crippen LogP contribution in [-0.2, 0) is 4.74 Å². The Morgan fingerprint density at radius 3 is 2.84 bits per heavy atom. The highest BCUT2D eigenvalue weighted by Gasteiger charge is 2.20. The lowest BCUT2D eigenvalue weighted by Crippen LogP contribution is -2.36. The van der Waals surface area contributed by atoms with Gasteiger partial charge in [0.15, 0.2) is 5.78 Å². The third-order valence-corrected chi connectivity index (χ3v) is 4.32. The Hall–Kier alpha value is -1.20. The van der Waals surface area contributed by atoms with Crippen molar-refractivity contribution in [2.45, 2.75) is 32.3 Å². The zero-order chi connectivity index (χ0) is 13.8. The summed E-state index contributed by atoms with van der Waals surface area (Å²) in [4.78, 5) is 25.8. The predicted molar refractivity (Wildman–Crippen MR) is 74.9 cm³/mol. The van der Waals surface area contributed by atoms with Crippen molar-refractivity contribution in [2.75, 3.05) is 20.2 Å². The van der Waals surface area contributed by atoms with Crippen LogP contribution in [0.4, 0.5) is 0 Å². The van der Waals surface area contributed by atoms with Crippen molar-refractivity contribution in [1.29, 1.82) is 0 Å². The van der Waals surface area contributed by atoms with E-state index in [4.69, 9.17) is 4.74 Å². The van der Waals surface area contributed by atoms with Gasteiger partial charge in [0.05, 0.1) is 16.5 Å². The molecule has 1 amide bonds. The molecule has 0 radical (unpaired) electrons. The van der Waals surface area contributed by atoms with Gasteiger partial charge in [0, 0.05) is 25.6 Å². The molecular formula is C14H19NO3S. The smallest absolute Gasteiger partial charge is 0.254 e. The van der Waals surface area contributed by atoms with Crippen LogP contribution in [0.15, 0.2) is 11.4 Å². The highest BCUT2D eigenvalue weighted by molar-refractivity contribution is 7.12. The van der Waals surface area contributed by atoms with Gasteiger partial charge in [0.25, 0.3) is 5.91 Å². The van der Waals surface area contributed by atoms with E-state index in [1.165, 1.54) is 24.7 Å². The molecular weight excluding hydrogens is 262 g/mol. The first-order valence-electron chi connectivity index (χ1n) is 6.54. The fourth-order valence-electron chi connectivity index (χ4n) is 2.19. The van der Waals surface area contributed by atoms with Crippen LogP contribution in [0, 0.1) is 0 Å². The Bertz CT molecular complexity index is 463. The first kappa shape index (κ1) is 14.2. The second-order valence-electron chi connectivity index (χ2n) is 4.93. The Morgan fingerprint density at radius 2 is 2.26 bits per heavy atom. The van der Waals surface area contributed by atoms with E-state index in [2.05, 4.69) is 0 Å². The maximum atomic E-state index is 12.2. The number of rotatable bonds is 4. The van der Waals surface area contributed by atoms with E-state index in [0.29, 0.717) is 17.0 Å². The summed E-state index contributed by atoms with van der Waals surface area (Å²) in [6.45, 7) is 2.92. The van der Waals surface area contributed by atoms with Crippen molar-refractivity contribution in [2.24, 2.45) is 0 Å². The Labute approximate surface area is 117 Å². The van der Waals surface area contributed by atoms with E-state index in [1.807, 2.05) is 0 Å². The van der Waals surface area contributed by atoms with Crippen molar-refractivity contribution >= 4 is 23.0 Å². The highest BCUT2D eigenvalue weighted by atomic mass is 32.1. The molecule has 5 heteroatoms. The van der Waals surface area contributed by atoms with Gasteiger partial charge in [-0.15, -0.1) is 11.3 Å². The van der Waals surface area contributed by atoms with Crippen molar-refractivity contribution in [3.05, 3.63) is 21.9 Å². The van der Waals surface area contributed by atoms with E-state index in [0.717, 1.165) is 19.4 Å². The van der Waals surface area contributed by atoms with E-state index < -0.39 is 0 Å². The van der Waals surface area contributed by atoms with Crippen LogP contribution in [0.2, 0.25) is 0 Å². The van der Waals surface area contributed by atoms with Crippen LogP contribution in [0.5, 0.6) is 0 Å². The number of Topliss-reactive ketones (excluding diaryl/α,β-unsaturated/α-hetero) is 1. The van der Waals surface area contributed by atoms with Gasteiger partial charge in [-0.25, -0.2) is 0 Å². The van der Waals surface area contributed by atoms with Crippen LogP contribution < -0.4 is 0 Å². The molecule has 1 aromatic rings. The zero-order valence-corrected chi connectivity index (χ0v) is 12.2. The number of carbonyl (C=O) groups excluding carboxylic acids is 2. The molecule has 1 aliphatic heterocycles. The van der Waals surface area contributed by atoms with Crippen LogP contribution >= 0.6 is 11.3 Å². The summed E-state index contributed by atoms with van der Waals surface area (Å²) in [6, 6.07) is 1.67. The minimum atomic E-state index is -0.0436. The van der Waals surface area contributed by atoms with Gasteiger partial charge < -0.3 is 9.64 Å². The number of carbonyl (C=O) groups is 2. The van der Waals surface area contributed by atoms with Gasteiger partial charge in [-0.2, -0.15) is 0 Å². The molecule has 2 rings (SSSR count). The van der Waals surface area contributed by atoms with Crippen molar-refractivity contribution in [3.63, 3.8) is 0 Å². The average Bonchev–Trinajstić information content (AvgIpc) is 2.88. The minimum absolute atomic E-state index is 0.00215. The third-order valence-electron chi connectivity index (χ3n) is 3.29. The molecule has 0 spiro atoms. The summed E-state index contributed by atoms with van der Waals surface area (Å²) in [7, 11) is 1.78. The number of ether oxygens (including phenoxy) is 1. The topological polar surface area (TPSA) is 46.6 Å². The molecule has 1 aromatic heterocycles. The Kier molecular flexibility index (Phi) is 4.71. The third kappa shape index (κ3) is 3.64. The Morgan fingerprint density at radius 1 is 1.47 bits per heavy atom. The molecule has 1 aliphatic rings. The second-order valence-corrected chi connectivity index (χ2v) is 5.84. The van der Waals surface area contributed by atoms with Crippen LogP contribution in [0.25, 0.3) is 0 Å². The number of hydrogen-bond donors (Lipinski definition) is 0. The molecule has 0 aliphatic carbocycles. The number of ketones is 1. The molecule has 0 unspecified atom stereocenters. The summed E-state index contributed by atoms with van der Waals surface area (Å²) in [5.41, 5.74) is 0.591. The average molecular weight is 281 g/mol. The molecule has 1 saturated heterocycles. The van der Waals surface area contributed by atoms with Crippen LogP contribution in [0.1, 0.15) is 46.2 Å². The maximum absolute atomic E-state index is 12.2. The zero-order valence-electron chi connectivity index (χ0n) is 11.3. The van der Waals surface area contributed by atoms with Gasteiger partial charge >= 0.3 is 0 Å². The minimum Gasteiger partial charge on any atom is -0.376 e. The van der Waals surface area contributed by atoms with Crippen LogP contribution in [-0.4, -0.2) is 42.9 Å². The van der Waals surface area contributed by atoms with E-state index >= 15 is 0 Å². The van der Waals surface area contributed by atoms with Gasteiger partial charge in [0.1, 0.15) is 0 Å². The predicted octanol–water partition coefficient (Wildman–Crippen LogP) is 2.59. The van der Waals surface area contributed by atoms with Gasteiger partial charge in [-0.1, -0.05) is 0 Å². The fourth-order valence-corrected chi connectivity index (χ4v) is 2.98. The lowest BCUT2D eigenvalue weighted by molar-refractivity contribution is -0.000178. The maximum Gasteiger partial charge on any atom is 0.254 e. The van der Waals surface area contributed by atoms with Crippen LogP contribution in [0.3, 0.4) is 0 Å². The van der Waals surface area contributed by atoms with E-state index in [-0.39, 0.29) is 17.8 Å². The lowest BCUT2D eigenvalue weighted by atomic mass is 10.1. The molecule has 104 valence electrons. The number of likely N-dealkylation sites (N-methyl/N-ethyl adjacent to an activating group) is 1. The van der Waals surface area contributed by atoms with E-state index in [9.17, 15) is 9.59 Å². The normalized spacial score (nSPS) is 19.2. The van der Waals surface area contributed by atoms with Crippen molar-refractivity contribution < 1.29 is 14.3 Å². The second kappa shape index (κ2) is 6.30. The number of amides is 1. The van der Waals surface area contributed by atoms with Crippen molar-refractivity contribution in [1.82, 2.24) is 4.90 Å². The number of hydrogen-bond acceptors (Lipinski definition) is 4. The summed E-state index contributed by atoms with van der Waals surface area (Å²) < 4.78 is 5.63. The molecule has 0 bridgehead atoms. The summed E-state index contributed by atoms with van der Waals surface area (Å²) >= 11 is 1.32. The monoisotopic (exact) mass is 281 g/mol. The molecule has 0 aromatic carbocycles. The lowest BCUT2D eigenvalue weighted by Gasteiger charge is -2.27. The molecule has 1 fully saturated rings. The highest BCUT2D eigenvalue weighted by Crippen LogP contribution is 2.18. The Balaban J connectivity index is 1.95. The summed E-state index contributed by atoms with van der Waals surface area (Å²) in [6.07, 6.45) is 3.44. The van der Waals surface area contributed by atoms with Gasteiger partial charge in [-0.05, 0) is 32.3 Å². The van der Waals surface area contributed by atoms with Gasteiger partial charge in [0.2, 0.25) is 0 Å². The SMILES string of the molecule is CC(=O)c1cc(C(=O)N(C)C[C@H]2CCCCO2)cs1. The molecule has 4 nitrogen and oxygen atoms in total. The largest absolute Gasteiger partial charge is 0.376 e. The fraction of sp³-hybridized carbons (Fsp3) is 0.571. The summed E-state index contributed by atoms with van der Waals surface area (Å²) in [5, 5.41) is 1.75. The van der Waals surface area contributed by atoms with Gasteiger partial charge in [-0.3, -0.25) is 9.59 Å². The number of nitrogens with zero attached hydrogens (tertiary/aromatic N) is 1. The summed E-state index contributed by atoms with van der Waals surface area (Å²) in [5.74, 6) is -0.0414. The van der Waals surface area contributed by atoms with E-state index in [1.54, 1.807) is 23.4 Å².